The average Bonchev–Trinajstić information content (AvgIpc) is 3.51. The summed E-state index contributed by atoms with van der Waals surface area (Å²) in [5.74, 6) is 2.03. The maximum Gasteiger partial charge on any atom is 0.229 e. The van der Waals surface area contributed by atoms with Crippen LogP contribution in [0.1, 0.15) is 18.7 Å². The third-order valence-corrected chi connectivity index (χ3v) is 5.57. The number of carbonyl (C=O) groups is 2. The molecule has 0 saturated carbocycles. The molecule has 2 aromatic carbocycles. The summed E-state index contributed by atoms with van der Waals surface area (Å²) in [6.45, 7) is 0.412. The smallest absolute Gasteiger partial charge is 0.229 e. The highest BCUT2D eigenvalue weighted by Gasteiger charge is 2.31. The Morgan fingerprint density at radius 1 is 1.06 bits per heavy atom. The predicted molar refractivity (Wildman–Crippen MR) is 128 cm³/mol. The van der Waals surface area contributed by atoms with Gasteiger partial charge in [0.1, 0.15) is 11.5 Å². The van der Waals surface area contributed by atoms with E-state index >= 15 is 0 Å². The number of aryl methyl sites for hydroxylation is 1. The van der Waals surface area contributed by atoms with E-state index in [0.717, 1.165) is 17.0 Å². The number of aromatic nitrogens is 3. The van der Waals surface area contributed by atoms with Gasteiger partial charge in [-0.25, -0.2) is 0 Å². The predicted octanol–water partition coefficient (Wildman–Crippen LogP) is 3.78. The van der Waals surface area contributed by atoms with E-state index in [4.69, 9.17) is 9.26 Å². The largest absolute Gasteiger partial charge is 0.457 e. The van der Waals surface area contributed by atoms with E-state index in [0.29, 0.717) is 30.4 Å². The van der Waals surface area contributed by atoms with Gasteiger partial charge < -0.3 is 19.5 Å². The van der Waals surface area contributed by atoms with Gasteiger partial charge in [0.15, 0.2) is 0 Å². The van der Waals surface area contributed by atoms with Crippen LogP contribution in [0.3, 0.4) is 0 Å². The Hall–Kier alpha value is -4.53. The van der Waals surface area contributed by atoms with Crippen molar-refractivity contribution in [3.05, 3.63) is 85.0 Å². The minimum absolute atomic E-state index is 0.0370. The van der Waals surface area contributed by atoms with Gasteiger partial charge in [-0.1, -0.05) is 23.4 Å². The van der Waals surface area contributed by atoms with Gasteiger partial charge in [0.2, 0.25) is 23.5 Å². The van der Waals surface area contributed by atoms with Crippen LogP contribution >= 0.6 is 0 Å². The summed E-state index contributed by atoms with van der Waals surface area (Å²) < 4.78 is 11.0. The number of amides is 2. The fourth-order valence-electron chi connectivity index (χ4n) is 3.86. The molecular weight excluding hydrogens is 446 g/mol. The van der Waals surface area contributed by atoms with Crippen LogP contribution in [0.25, 0.3) is 11.4 Å². The Morgan fingerprint density at radius 2 is 1.86 bits per heavy atom. The highest BCUT2D eigenvalue weighted by molar-refractivity contribution is 5.96. The molecule has 1 atom stereocenters. The van der Waals surface area contributed by atoms with Gasteiger partial charge >= 0.3 is 0 Å². The van der Waals surface area contributed by atoms with E-state index in [1.165, 1.54) is 0 Å². The lowest BCUT2D eigenvalue weighted by Crippen LogP contribution is -2.37. The Kier molecular flexibility index (Phi) is 6.47. The molecule has 0 radical (unpaired) electrons. The monoisotopic (exact) mass is 469 g/mol. The van der Waals surface area contributed by atoms with Gasteiger partial charge in [-0.05, 0) is 48.5 Å². The first-order valence-corrected chi connectivity index (χ1v) is 11.3. The number of nitrogens with one attached hydrogen (secondary N) is 1. The molecule has 1 unspecified atom stereocenters. The zero-order chi connectivity index (χ0) is 24.0. The van der Waals surface area contributed by atoms with Crippen LogP contribution in [0, 0.1) is 0 Å². The van der Waals surface area contributed by atoms with Crippen molar-refractivity contribution in [3.63, 3.8) is 0 Å². The van der Waals surface area contributed by atoms with Crippen molar-refractivity contribution in [1.29, 1.82) is 0 Å². The number of rotatable bonds is 8. The van der Waals surface area contributed by atoms with E-state index in [-0.39, 0.29) is 30.7 Å². The van der Waals surface area contributed by atoms with Crippen molar-refractivity contribution >= 4 is 17.5 Å². The molecule has 35 heavy (non-hydrogen) atoms. The number of benzene rings is 2. The zero-order valence-electron chi connectivity index (χ0n) is 18.8. The lowest BCUT2D eigenvalue weighted by atomic mass is 10.2. The Morgan fingerprint density at radius 3 is 2.63 bits per heavy atom. The summed E-state index contributed by atoms with van der Waals surface area (Å²) in [5, 5.41) is 6.87. The summed E-state index contributed by atoms with van der Waals surface area (Å²) in [6.07, 6.45) is 4.06. The normalized spacial score (nSPS) is 15.3. The summed E-state index contributed by atoms with van der Waals surface area (Å²) in [4.78, 5) is 35.0. The van der Waals surface area contributed by atoms with Gasteiger partial charge in [0, 0.05) is 49.5 Å². The lowest BCUT2D eigenvalue weighted by Gasteiger charge is -2.17. The van der Waals surface area contributed by atoms with E-state index in [2.05, 4.69) is 20.4 Å². The maximum absolute atomic E-state index is 12.6. The van der Waals surface area contributed by atoms with Gasteiger partial charge in [0.05, 0.1) is 6.04 Å². The number of pyridine rings is 1. The summed E-state index contributed by atoms with van der Waals surface area (Å²) in [5.41, 5.74) is 1.51. The van der Waals surface area contributed by atoms with E-state index in [1.807, 2.05) is 60.7 Å². The molecule has 2 amide bonds. The van der Waals surface area contributed by atoms with Crippen molar-refractivity contribution in [3.8, 4) is 22.9 Å². The first kappa shape index (κ1) is 22.3. The minimum Gasteiger partial charge on any atom is -0.457 e. The molecular formula is C26H23N5O4. The molecule has 1 fully saturated rings. The first-order valence-electron chi connectivity index (χ1n) is 11.3. The molecule has 9 heteroatoms. The molecule has 9 nitrogen and oxygen atoms in total. The van der Waals surface area contributed by atoms with Crippen molar-refractivity contribution in [2.24, 2.45) is 0 Å². The number of carbonyl (C=O) groups excluding carboxylic acids is 2. The van der Waals surface area contributed by atoms with Gasteiger partial charge in [0.25, 0.3) is 0 Å². The maximum atomic E-state index is 12.6. The van der Waals surface area contributed by atoms with Crippen molar-refractivity contribution in [1.82, 2.24) is 20.4 Å². The van der Waals surface area contributed by atoms with E-state index in [9.17, 15) is 9.59 Å². The zero-order valence-corrected chi connectivity index (χ0v) is 18.8. The number of hydrogen-bond acceptors (Lipinski definition) is 7. The molecule has 2 aromatic heterocycles. The molecule has 1 N–H and O–H groups in total. The number of anilines is 1. The third kappa shape index (κ3) is 5.52. The van der Waals surface area contributed by atoms with Crippen LogP contribution in [0.15, 0.2) is 83.6 Å². The van der Waals surface area contributed by atoms with E-state index in [1.54, 1.807) is 23.4 Å². The van der Waals surface area contributed by atoms with Crippen LogP contribution in [0.5, 0.6) is 11.5 Å². The summed E-state index contributed by atoms with van der Waals surface area (Å²) >= 11 is 0. The fourth-order valence-corrected chi connectivity index (χ4v) is 3.86. The fraction of sp³-hybridized carbons (Fsp3) is 0.192. The minimum atomic E-state index is -0.260. The first-order chi connectivity index (χ1) is 17.1. The molecule has 0 aliphatic carbocycles. The molecule has 0 bridgehead atoms. The van der Waals surface area contributed by atoms with Crippen molar-refractivity contribution in [2.45, 2.75) is 25.3 Å². The van der Waals surface area contributed by atoms with Crippen LogP contribution in [-0.4, -0.2) is 39.5 Å². The van der Waals surface area contributed by atoms with Crippen LogP contribution in [0.4, 0.5) is 5.69 Å². The molecule has 3 heterocycles. The van der Waals surface area contributed by atoms with Gasteiger partial charge in [-0.2, -0.15) is 4.98 Å². The summed E-state index contributed by atoms with van der Waals surface area (Å²) in [7, 11) is 0. The second-order valence-corrected chi connectivity index (χ2v) is 8.14. The van der Waals surface area contributed by atoms with Crippen molar-refractivity contribution in [2.75, 3.05) is 11.4 Å². The highest BCUT2D eigenvalue weighted by atomic mass is 16.5. The molecule has 0 spiro atoms. The molecule has 176 valence electrons. The SMILES string of the molecule is O=C(CCc1nc(-c2cccnc2)no1)NC1CC(=O)N(c2ccc(Oc3ccccc3)cc2)C1. The standard InChI is InChI=1S/C26H23N5O4/c32-23(12-13-24-29-26(30-35-24)18-5-4-14-27-16-18)28-19-15-25(33)31(17-19)20-8-10-22(11-9-20)34-21-6-2-1-3-7-21/h1-11,14,16,19H,12-13,15,17H2,(H,28,32). The average molecular weight is 470 g/mol. The second-order valence-electron chi connectivity index (χ2n) is 8.14. The Labute approximate surface area is 201 Å². The van der Waals surface area contributed by atoms with Gasteiger partial charge in [-0.15, -0.1) is 0 Å². The van der Waals surface area contributed by atoms with Crippen LogP contribution in [-0.2, 0) is 16.0 Å². The molecule has 5 rings (SSSR count). The molecule has 1 saturated heterocycles. The quantitative estimate of drug-likeness (QED) is 0.418. The number of ether oxygens (including phenoxy) is 1. The molecule has 4 aromatic rings. The third-order valence-electron chi connectivity index (χ3n) is 5.57. The highest BCUT2D eigenvalue weighted by Crippen LogP contribution is 2.27. The Bertz CT molecular complexity index is 1290. The Balaban J connectivity index is 1.12. The second kappa shape index (κ2) is 10.2. The number of nitrogens with zero attached hydrogens (tertiary/aromatic N) is 4. The lowest BCUT2D eigenvalue weighted by molar-refractivity contribution is -0.121. The molecule has 1 aliphatic rings. The van der Waals surface area contributed by atoms with E-state index < -0.39 is 0 Å². The number of hydrogen-bond donors (Lipinski definition) is 1. The van der Waals surface area contributed by atoms with Crippen molar-refractivity contribution < 1.29 is 18.8 Å². The topological polar surface area (TPSA) is 110 Å². The number of para-hydroxylation sites is 1. The van der Waals surface area contributed by atoms with Gasteiger partial charge in [-0.3, -0.25) is 14.6 Å². The molecule has 1 aliphatic heterocycles. The van der Waals surface area contributed by atoms with Crippen LogP contribution in [0.2, 0.25) is 0 Å². The van der Waals surface area contributed by atoms with Crippen LogP contribution < -0.4 is 15.0 Å². The summed E-state index contributed by atoms with van der Waals surface area (Å²) in [6, 6.07) is 20.2.